The topological polar surface area (TPSA) is 98.0 Å². The highest BCUT2D eigenvalue weighted by atomic mass is 31.2. The van der Waals surface area contributed by atoms with E-state index in [0.717, 1.165) is 45.3 Å². The third-order valence-corrected chi connectivity index (χ3v) is 14.9. The maximum Gasteiger partial charge on any atom is 0.259 e. The smallest absolute Gasteiger partial charge is 0.259 e. The Morgan fingerprint density at radius 3 is 1.41 bits per heavy atom. The van der Waals surface area contributed by atoms with E-state index in [1.165, 1.54) is 0 Å². The molecule has 298 valence electrons. The van der Waals surface area contributed by atoms with E-state index in [0.29, 0.717) is 45.6 Å². The largest absolute Gasteiger partial charge is 0.321 e. The minimum atomic E-state index is -1.29. The van der Waals surface area contributed by atoms with Gasteiger partial charge in [-0.1, -0.05) is 41.5 Å². The highest BCUT2D eigenvalue weighted by Crippen LogP contribution is 2.57. The van der Waals surface area contributed by atoms with Gasteiger partial charge in [-0.25, -0.2) is 14.4 Å². The summed E-state index contributed by atoms with van der Waals surface area (Å²) in [6, 6.07) is 0.441. The van der Waals surface area contributed by atoms with Gasteiger partial charge >= 0.3 is 0 Å². The first-order valence-electron chi connectivity index (χ1n) is 19.4. The Kier molecular flexibility index (Phi) is 13.5. The van der Waals surface area contributed by atoms with E-state index in [4.69, 9.17) is 27.1 Å². The molecule has 0 aromatic rings. The Labute approximate surface area is 315 Å². The second-order valence-corrected chi connectivity index (χ2v) is 25.5. The SMILES string of the molecule is CC1(C)COP(NCCN(CC(C2CC(C)(C)NC(C)(C)C2)N(C2CC(C)(C)NC(C)(C)C2)P2OCC(C)(C)CO2)P2OCC(C)(C)CO2)OC1. The normalized spacial score (nSPS) is 30.8. The van der Waals surface area contributed by atoms with Crippen LogP contribution in [0.5, 0.6) is 0 Å². The van der Waals surface area contributed by atoms with E-state index in [2.05, 4.69) is 122 Å². The van der Waals surface area contributed by atoms with Crippen LogP contribution < -0.4 is 15.7 Å². The van der Waals surface area contributed by atoms with Crippen LogP contribution in [0, 0.1) is 22.2 Å². The molecule has 5 saturated heterocycles. The summed E-state index contributed by atoms with van der Waals surface area (Å²) >= 11 is 0. The molecule has 0 aliphatic carbocycles. The zero-order valence-electron chi connectivity index (χ0n) is 34.6. The van der Waals surface area contributed by atoms with Crippen molar-refractivity contribution >= 4 is 25.6 Å². The van der Waals surface area contributed by atoms with E-state index in [9.17, 15) is 0 Å². The molecule has 51 heavy (non-hydrogen) atoms. The summed E-state index contributed by atoms with van der Waals surface area (Å²) in [7, 11) is -3.68. The fraction of sp³-hybridized carbons (Fsp3) is 1.00. The lowest BCUT2D eigenvalue weighted by Gasteiger charge is -2.57. The fourth-order valence-electron chi connectivity index (χ4n) is 8.84. The molecule has 11 nitrogen and oxygen atoms in total. The molecule has 14 heteroatoms. The van der Waals surface area contributed by atoms with Crippen molar-refractivity contribution in [3.8, 4) is 0 Å². The molecule has 0 radical (unpaired) electrons. The highest BCUT2D eigenvalue weighted by molar-refractivity contribution is 7.45. The van der Waals surface area contributed by atoms with Crippen molar-refractivity contribution in [1.82, 2.24) is 25.1 Å². The second kappa shape index (κ2) is 16.0. The molecule has 0 bridgehead atoms. The van der Waals surface area contributed by atoms with Gasteiger partial charge in [-0.05, 0) is 87.0 Å². The van der Waals surface area contributed by atoms with Crippen molar-refractivity contribution in [2.75, 3.05) is 59.3 Å². The summed E-state index contributed by atoms with van der Waals surface area (Å²) in [4.78, 5) is 0. The Morgan fingerprint density at radius 1 is 0.569 bits per heavy atom. The average Bonchev–Trinajstić information content (AvgIpc) is 2.94. The van der Waals surface area contributed by atoms with Crippen molar-refractivity contribution in [2.24, 2.45) is 22.2 Å². The molecule has 5 aliphatic rings. The molecule has 0 aromatic heterocycles. The molecule has 0 spiro atoms. The van der Waals surface area contributed by atoms with Crippen molar-refractivity contribution in [3.05, 3.63) is 0 Å². The van der Waals surface area contributed by atoms with Crippen LogP contribution in [0.25, 0.3) is 0 Å². The summed E-state index contributed by atoms with van der Waals surface area (Å²) in [5.74, 6) is 0.394. The Morgan fingerprint density at radius 2 is 0.961 bits per heavy atom. The molecule has 0 aromatic carbocycles. The Balaban J connectivity index is 1.50. The molecular weight excluding hydrogens is 703 g/mol. The van der Waals surface area contributed by atoms with E-state index in [1.54, 1.807) is 0 Å². The van der Waals surface area contributed by atoms with Crippen LogP contribution >= 0.6 is 25.6 Å². The number of hydrogen-bond acceptors (Lipinski definition) is 11. The van der Waals surface area contributed by atoms with E-state index < -0.39 is 25.6 Å². The van der Waals surface area contributed by atoms with E-state index >= 15 is 0 Å². The highest BCUT2D eigenvalue weighted by Gasteiger charge is 2.51. The quantitative estimate of drug-likeness (QED) is 0.177. The number of hydrogen-bond donors (Lipinski definition) is 3. The lowest BCUT2D eigenvalue weighted by atomic mass is 9.72. The third kappa shape index (κ3) is 12.4. The number of nitrogens with one attached hydrogen (secondary N) is 3. The molecule has 5 aliphatic heterocycles. The van der Waals surface area contributed by atoms with E-state index in [1.807, 2.05) is 0 Å². The molecule has 5 heterocycles. The van der Waals surface area contributed by atoms with Crippen LogP contribution in [0.15, 0.2) is 0 Å². The predicted octanol–water partition coefficient (Wildman–Crippen LogP) is 8.31. The Hall–Kier alpha value is 0.850. The van der Waals surface area contributed by atoms with Crippen molar-refractivity contribution < 1.29 is 27.1 Å². The van der Waals surface area contributed by atoms with Gasteiger partial charge in [0.25, 0.3) is 25.6 Å². The lowest BCUT2D eigenvalue weighted by Crippen LogP contribution is -2.66. The monoisotopic (exact) mass is 777 g/mol. The summed E-state index contributed by atoms with van der Waals surface area (Å²) in [5, 5.41) is 11.5. The molecule has 0 saturated carbocycles. The summed E-state index contributed by atoms with van der Waals surface area (Å²) in [5.41, 5.74) is -0.0735. The number of nitrogens with zero attached hydrogens (tertiary/aromatic N) is 2. The zero-order valence-corrected chi connectivity index (χ0v) is 37.3. The first kappa shape index (κ1) is 43.0. The number of rotatable bonds is 11. The summed E-state index contributed by atoms with van der Waals surface area (Å²) < 4.78 is 44.5. The molecular formula is C37H74N5O6P3. The fourth-order valence-corrected chi connectivity index (χ4v) is 14.4. The second-order valence-electron chi connectivity index (χ2n) is 21.2. The van der Waals surface area contributed by atoms with Crippen LogP contribution in [0.1, 0.15) is 123 Å². The first-order chi connectivity index (χ1) is 23.3. The molecule has 5 fully saturated rings. The maximum absolute atomic E-state index is 6.87. The number of piperidine rings is 2. The zero-order chi connectivity index (χ0) is 37.7. The van der Waals surface area contributed by atoms with Gasteiger partial charge in [0.2, 0.25) is 0 Å². The summed E-state index contributed by atoms with van der Waals surface area (Å²) in [6.45, 7) is 38.7. The van der Waals surface area contributed by atoms with Crippen LogP contribution in [0.3, 0.4) is 0 Å². The molecule has 3 N–H and O–H groups in total. The van der Waals surface area contributed by atoms with Gasteiger partial charge in [-0.2, -0.15) is 0 Å². The standard InChI is InChI=1S/C37H74N5O6P3/c1-31(2)22-43-49(44-23-31)38-15-16-41(50-45-24-32(3,4)25-46-50)21-30(28-17-34(7,8)39-35(9,10)18-28)42(51-47-26-33(5,6)27-48-51)29-19-36(11,12)40-37(13,14)20-29/h28-30,38-40H,15-27H2,1-14H3. The maximum atomic E-state index is 6.87. The van der Waals surface area contributed by atoms with Gasteiger partial charge in [-0.15, -0.1) is 0 Å². The minimum Gasteiger partial charge on any atom is -0.321 e. The molecule has 0 amide bonds. The van der Waals surface area contributed by atoms with Gasteiger partial charge in [0.05, 0.1) is 39.6 Å². The molecule has 5 rings (SSSR count). The lowest BCUT2D eigenvalue weighted by molar-refractivity contribution is -0.0103. The van der Waals surface area contributed by atoms with Gasteiger partial charge < -0.3 is 37.8 Å². The van der Waals surface area contributed by atoms with Crippen molar-refractivity contribution in [2.45, 2.75) is 157 Å². The summed E-state index contributed by atoms with van der Waals surface area (Å²) in [6.07, 6.45) is 4.16. The van der Waals surface area contributed by atoms with Crippen LogP contribution in [-0.2, 0) is 27.1 Å². The van der Waals surface area contributed by atoms with Gasteiger partial charge in [-0.3, -0.25) is 0 Å². The average molecular weight is 778 g/mol. The van der Waals surface area contributed by atoms with Gasteiger partial charge in [0.15, 0.2) is 0 Å². The van der Waals surface area contributed by atoms with Crippen molar-refractivity contribution in [1.29, 1.82) is 0 Å². The van der Waals surface area contributed by atoms with E-state index in [-0.39, 0.29) is 50.5 Å². The van der Waals surface area contributed by atoms with Crippen LogP contribution in [-0.4, -0.2) is 103 Å². The van der Waals surface area contributed by atoms with Crippen LogP contribution in [0.4, 0.5) is 0 Å². The van der Waals surface area contributed by atoms with Crippen molar-refractivity contribution in [3.63, 3.8) is 0 Å². The Bertz CT molecular complexity index is 1110. The van der Waals surface area contributed by atoms with Crippen LogP contribution in [0.2, 0.25) is 0 Å². The first-order valence-corrected chi connectivity index (χ1v) is 22.8. The third-order valence-electron chi connectivity index (χ3n) is 10.5. The molecule has 1 unspecified atom stereocenters. The minimum absolute atomic E-state index is 0.0107. The molecule has 1 atom stereocenters. The predicted molar refractivity (Wildman–Crippen MR) is 211 cm³/mol. The van der Waals surface area contributed by atoms with Gasteiger partial charge in [0.1, 0.15) is 0 Å². The van der Waals surface area contributed by atoms with Gasteiger partial charge in [0, 0.05) is 70.1 Å².